The van der Waals surface area contributed by atoms with Gasteiger partial charge >= 0.3 is 12.5 Å². The lowest BCUT2D eigenvalue weighted by molar-refractivity contribution is -0.274. The molecule has 0 saturated carbocycles. The van der Waals surface area contributed by atoms with Crippen LogP contribution in [0.4, 0.5) is 26.3 Å². The Balaban J connectivity index is 2.37. The summed E-state index contributed by atoms with van der Waals surface area (Å²) in [5.74, 6) is -0.486. The highest BCUT2D eigenvalue weighted by Gasteiger charge is 2.33. The summed E-state index contributed by atoms with van der Waals surface area (Å²) in [7, 11) is 0. The lowest BCUT2D eigenvalue weighted by atomic mass is 10.0. The molecule has 0 aliphatic rings. The fourth-order valence-electron chi connectivity index (χ4n) is 1.77. The second kappa shape index (κ2) is 5.79. The smallest absolute Gasteiger partial charge is 0.406 e. The number of pyridine rings is 1. The van der Waals surface area contributed by atoms with Crippen LogP contribution in [0.5, 0.6) is 5.75 Å². The minimum atomic E-state index is -4.85. The van der Waals surface area contributed by atoms with Crippen LogP contribution in [0.15, 0.2) is 36.4 Å². The van der Waals surface area contributed by atoms with Crippen molar-refractivity contribution < 1.29 is 31.1 Å². The Kier molecular flexibility index (Phi) is 4.18. The maximum atomic E-state index is 12.6. The van der Waals surface area contributed by atoms with Gasteiger partial charge in [0, 0.05) is 5.56 Å². The van der Waals surface area contributed by atoms with Crippen LogP contribution in [0.2, 0.25) is 0 Å². The molecule has 0 atom stereocenters. The van der Waals surface area contributed by atoms with Crippen LogP contribution in [0, 0.1) is 11.3 Å². The number of alkyl halides is 6. The molecule has 3 nitrogen and oxygen atoms in total. The zero-order valence-corrected chi connectivity index (χ0v) is 11.0. The molecule has 0 amide bonds. The predicted molar refractivity (Wildman–Crippen MR) is 66.1 cm³/mol. The summed E-state index contributed by atoms with van der Waals surface area (Å²) in [5, 5.41) is 8.92. The molecule has 9 heteroatoms. The number of hydrogen-bond donors (Lipinski definition) is 0. The number of halogens is 6. The van der Waals surface area contributed by atoms with Crippen LogP contribution in [0.1, 0.15) is 11.4 Å². The van der Waals surface area contributed by atoms with E-state index in [4.69, 9.17) is 5.26 Å². The van der Waals surface area contributed by atoms with E-state index in [1.807, 2.05) is 0 Å². The van der Waals surface area contributed by atoms with E-state index >= 15 is 0 Å². The minimum Gasteiger partial charge on any atom is -0.406 e. The number of benzene rings is 1. The van der Waals surface area contributed by atoms with Crippen molar-refractivity contribution in [1.82, 2.24) is 4.98 Å². The summed E-state index contributed by atoms with van der Waals surface area (Å²) in [6.45, 7) is 0. The monoisotopic (exact) mass is 332 g/mol. The molecule has 0 N–H and O–H groups in total. The summed E-state index contributed by atoms with van der Waals surface area (Å²) in [5.41, 5.74) is -1.41. The van der Waals surface area contributed by atoms with Gasteiger partial charge in [-0.1, -0.05) is 12.1 Å². The van der Waals surface area contributed by atoms with Gasteiger partial charge in [0.1, 0.15) is 23.2 Å². The Labute approximate surface area is 125 Å². The fourth-order valence-corrected chi connectivity index (χ4v) is 1.77. The summed E-state index contributed by atoms with van der Waals surface area (Å²) < 4.78 is 77.5. The Morgan fingerprint density at radius 2 is 1.52 bits per heavy atom. The van der Waals surface area contributed by atoms with E-state index < -0.39 is 29.7 Å². The van der Waals surface area contributed by atoms with E-state index in [0.29, 0.717) is 6.07 Å². The standard InChI is InChI=1S/C14H6F6N2O/c15-13(16,17)12-6-5-10(11(7-21)22-12)8-1-3-9(4-2-8)23-14(18,19)20/h1-6H. The molecule has 0 aliphatic carbocycles. The normalized spacial score (nSPS) is 11.9. The van der Waals surface area contributed by atoms with Gasteiger partial charge in [-0.05, 0) is 29.8 Å². The van der Waals surface area contributed by atoms with E-state index in [0.717, 1.165) is 18.2 Å². The highest BCUT2D eigenvalue weighted by Crippen LogP contribution is 2.32. The second-order valence-electron chi connectivity index (χ2n) is 4.27. The van der Waals surface area contributed by atoms with Gasteiger partial charge in [-0.15, -0.1) is 13.2 Å². The Bertz CT molecular complexity index is 744. The molecule has 0 saturated heterocycles. The van der Waals surface area contributed by atoms with Crippen molar-refractivity contribution in [2.45, 2.75) is 12.5 Å². The van der Waals surface area contributed by atoms with E-state index in [1.165, 1.54) is 18.2 Å². The molecule has 120 valence electrons. The summed E-state index contributed by atoms with van der Waals surface area (Å²) >= 11 is 0. The van der Waals surface area contributed by atoms with Gasteiger partial charge in [0.05, 0.1) is 0 Å². The van der Waals surface area contributed by atoms with Gasteiger partial charge < -0.3 is 4.74 Å². The third-order valence-electron chi connectivity index (χ3n) is 2.69. The zero-order valence-electron chi connectivity index (χ0n) is 11.0. The predicted octanol–water partition coefficient (Wildman–Crippen LogP) is 4.54. The molecule has 1 aromatic heterocycles. The van der Waals surface area contributed by atoms with Crippen LogP contribution in [0.25, 0.3) is 11.1 Å². The Morgan fingerprint density at radius 3 is 2.00 bits per heavy atom. The average molecular weight is 332 g/mol. The third kappa shape index (κ3) is 4.12. The molecular formula is C14H6F6N2O. The number of nitriles is 1. The van der Waals surface area contributed by atoms with Crippen molar-refractivity contribution in [3.8, 4) is 22.9 Å². The number of ether oxygens (including phenoxy) is 1. The van der Waals surface area contributed by atoms with Gasteiger partial charge in [-0.25, -0.2) is 4.98 Å². The van der Waals surface area contributed by atoms with Crippen molar-refractivity contribution in [2.75, 3.05) is 0 Å². The zero-order chi connectivity index (χ0) is 17.3. The molecular weight excluding hydrogens is 326 g/mol. The van der Waals surface area contributed by atoms with E-state index in [9.17, 15) is 26.3 Å². The number of hydrogen-bond acceptors (Lipinski definition) is 3. The van der Waals surface area contributed by atoms with Crippen molar-refractivity contribution >= 4 is 0 Å². The van der Waals surface area contributed by atoms with Crippen LogP contribution in [0.3, 0.4) is 0 Å². The summed E-state index contributed by atoms with van der Waals surface area (Å²) in [6.07, 6.45) is -9.55. The molecule has 0 radical (unpaired) electrons. The number of aromatic nitrogens is 1. The van der Waals surface area contributed by atoms with Crippen molar-refractivity contribution in [3.63, 3.8) is 0 Å². The first-order valence-electron chi connectivity index (χ1n) is 5.95. The maximum Gasteiger partial charge on any atom is 0.573 e. The summed E-state index contributed by atoms with van der Waals surface area (Å²) in [6, 6.07) is 7.61. The van der Waals surface area contributed by atoms with Crippen LogP contribution < -0.4 is 4.74 Å². The van der Waals surface area contributed by atoms with Crippen molar-refractivity contribution in [2.24, 2.45) is 0 Å². The molecule has 0 fully saturated rings. The lowest BCUT2D eigenvalue weighted by Crippen LogP contribution is -2.16. The lowest BCUT2D eigenvalue weighted by Gasteiger charge is -2.11. The molecule has 2 rings (SSSR count). The minimum absolute atomic E-state index is 0.0686. The first kappa shape index (κ1) is 16.6. The molecule has 1 aromatic carbocycles. The van der Waals surface area contributed by atoms with Crippen LogP contribution in [-0.4, -0.2) is 11.3 Å². The van der Waals surface area contributed by atoms with Gasteiger partial charge in [0.2, 0.25) is 0 Å². The fraction of sp³-hybridized carbons (Fsp3) is 0.143. The number of rotatable bonds is 2. The van der Waals surface area contributed by atoms with E-state index in [1.54, 1.807) is 0 Å². The molecule has 2 aromatic rings. The third-order valence-corrected chi connectivity index (χ3v) is 2.69. The van der Waals surface area contributed by atoms with Crippen molar-refractivity contribution in [3.05, 3.63) is 47.8 Å². The topological polar surface area (TPSA) is 45.9 Å². The first-order valence-corrected chi connectivity index (χ1v) is 5.95. The average Bonchev–Trinajstić information content (AvgIpc) is 2.45. The largest absolute Gasteiger partial charge is 0.573 e. The van der Waals surface area contributed by atoms with Gasteiger partial charge in [0.25, 0.3) is 0 Å². The SMILES string of the molecule is N#Cc1nc(C(F)(F)F)ccc1-c1ccc(OC(F)(F)F)cc1. The van der Waals surface area contributed by atoms with Crippen molar-refractivity contribution in [1.29, 1.82) is 5.26 Å². The molecule has 23 heavy (non-hydrogen) atoms. The molecule has 0 aliphatic heterocycles. The molecule has 0 spiro atoms. The van der Waals surface area contributed by atoms with Crippen LogP contribution >= 0.6 is 0 Å². The quantitative estimate of drug-likeness (QED) is 0.759. The maximum absolute atomic E-state index is 12.6. The van der Waals surface area contributed by atoms with Gasteiger partial charge in [-0.2, -0.15) is 18.4 Å². The van der Waals surface area contributed by atoms with E-state index in [2.05, 4.69) is 9.72 Å². The number of nitrogens with zero attached hydrogens (tertiary/aromatic N) is 2. The van der Waals surface area contributed by atoms with Crippen LogP contribution in [-0.2, 0) is 6.18 Å². The first-order chi connectivity index (χ1) is 10.6. The Hall–Kier alpha value is -2.76. The highest BCUT2D eigenvalue weighted by atomic mass is 19.4. The molecule has 0 bridgehead atoms. The highest BCUT2D eigenvalue weighted by molar-refractivity contribution is 5.69. The molecule has 1 heterocycles. The molecule has 0 unspecified atom stereocenters. The van der Waals surface area contributed by atoms with Gasteiger partial charge in [0.15, 0.2) is 0 Å². The van der Waals surface area contributed by atoms with E-state index in [-0.39, 0.29) is 11.1 Å². The van der Waals surface area contributed by atoms with Gasteiger partial charge in [-0.3, -0.25) is 0 Å². The summed E-state index contributed by atoms with van der Waals surface area (Å²) in [4.78, 5) is 3.22. The Morgan fingerprint density at radius 1 is 0.913 bits per heavy atom. The second-order valence-corrected chi connectivity index (χ2v) is 4.27.